The number of hydrogen-bond donors (Lipinski definition) is 0. The summed E-state index contributed by atoms with van der Waals surface area (Å²) in [5.41, 5.74) is 5.39. The van der Waals surface area contributed by atoms with Crippen LogP contribution in [0.1, 0.15) is 129 Å². The summed E-state index contributed by atoms with van der Waals surface area (Å²) in [6, 6.07) is 10.9. The first-order valence-corrected chi connectivity index (χ1v) is 22.1. The molecule has 1 saturated heterocycles. The van der Waals surface area contributed by atoms with Crippen molar-refractivity contribution in [1.82, 2.24) is 33.7 Å². The van der Waals surface area contributed by atoms with E-state index in [1.807, 2.05) is 83.5 Å². The molecular formula is C47H52Cl2F6N8O2. The van der Waals surface area contributed by atoms with Gasteiger partial charge in [0, 0.05) is 46.7 Å². The van der Waals surface area contributed by atoms with E-state index in [1.54, 1.807) is 35.0 Å². The number of Topliss-reactive ketones (excluding diaryl/α,β-unsaturated/α-hetero) is 1. The molecule has 1 aliphatic rings. The van der Waals surface area contributed by atoms with Gasteiger partial charge >= 0.3 is 12.4 Å². The SMILES string of the molecule is CCC[C@@H](C(=O)Cc1cnn(-c2ccc(Cl)c(C)c2)c1C(C)C)n1cc(C(F)(F)F)cc1C.Cc1cc(-n2ncc(N3CC[C@H](n4cc(C(F)(F)F)nc4C)C3=O)c2C(C)C)ccc1Cl. The molecule has 0 saturated carbocycles. The molecule has 1 fully saturated rings. The molecule has 7 rings (SSSR count). The van der Waals surface area contributed by atoms with E-state index in [1.165, 1.54) is 16.1 Å². The Balaban J connectivity index is 0.000000215. The Morgan fingerprint density at radius 2 is 1.37 bits per heavy atom. The molecule has 1 aliphatic heterocycles. The third-order valence-electron chi connectivity index (χ3n) is 11.6. The second kappa shape index (κ2) is 19.2. The van der Waals surface area contributed by atoms with E-state index >= 15 is 0 Å². The first-order chi connectivity index (χ1) is 30.4. The molecule has 0 spiro atoms. The van der Waals surface area contributed by atoms with Gasteiger partial charge in [-0.05, 0) is 106 Å². The lowest BCUT2D eigenvalue weighted by Gasteiger charge is -2.20. The lowest BCUT2D eigenvalue weighted by molar-refractivity contribution is -0.141. The maximum atomic E-state index is 13.4. The van der Waals surface area contributed by atoms with Gasteiger partial charge in [0.1, 0.15) is 11.9 Å². The number of benzene rings is 2. The van der Waals surface area contributed by atoms with Gasteiger partial charge in [-0.25, -0.2) is 14.3 Å². The Labute approximate surface area is 384 Å². The lowest BCUT2D eigenvalue weighted by atomic mass is 9.97. The number of aromatic nitrogens is 7. The molecule has 0 N–H and O–H groups in total. The second-order valence-corrected chi connectivity index (χ2v) is 17.9. The van der Waals surface area contributed by atoms with Gasteiger partial charge in [-0.3, -0.25) is 9.59 Å². The van der Waals surface area contributed by atoms with Crippen molar-refractivity contribution >= 4 is 40.6 Å². The van der Waals surface area contributed by atoms with E-state index in [2.05, 4.69) is 15.2 Å². The van der Waals surface area contributed by atoms with Crippen molar-refractivity contribution in [3.63, 3.8) is 0 Å². The minimum absolute atomic E-state index is 0.0437. The number of anilines is 1. The maximum absolute atomic E-state index is 13.4. The van der Waals surface area contributed by atoms with Crippen molar-refractivity contribution < 1.29 is 35.9 Å². The van der Waals surface area contributed by atoms with E-state index < -0.39 is 35.7 Å². The average Bonchev–Trinajstić information content (AvgIpc) is 4.06. The average molecular weight is 946 g/mol. The van der Waals surface area contributed by atoms with E-state index in [4.69, 9.17) is 23.2 Å². The Morgan fingerprint density at radius 1 is 0.800 bits per heavy atom. The highest BCUT2D eigenvalue weighted by Gasteiger charge is 2.40. The molecule has 0 radical (unpaired) electrons. The number of alkyl halides is 6. The van der Waals surface area contributed by atoms with Crippen LogP contribution < -0.4 is 4.90 Å². The van der Waals surface area contributed by atoms with Crippen LogP contribution >= 0.6 is 23.2 Å². The van der Waals surface area contributed by atoms with Gasteiger partial charge in [0.15, 0.2) is 11.5 Å². The summed E-state index contributed by atoms with van der Waals surface area (Å²) >= 11 is 12.3. The number of imidazole rings is 1. The molecule has 1 amide bonds. The number of carbonyl (C=O) groups excluding carboxylic acids is 2. The Morgan fingerprint density at radius 3 is 1.86 bits per heavy atom. The van der Waals surface area contributed by atoms with Gasteiger partial charge in [-0.2, -0.15) is 36.5 Å². The van der Waals surface area contributed by atoms with Gasteiger partial charge in [0.2, 0.25) is 5.91 Å². The van der Waals surface area contributed by atoms with Gasteiger partial charge in [0.25, 0.3) is 0 Å². The zero-order valence-corrected chi connectivity index (χ0v) is 39.1. The first kappa shape index (κ1) is 49.1. The fraction of sp³-hybridized carbons (Fsp3) is 0.426. The van der Waals surface area contributed by atoms with Gasteiger partial charge in [-0.1, -0.05) is 64.2 Å². The number of hydrogen-bond acceptors (Lipinski definition) is 5. The Hall–Kier alpha value is -5.35. The summed E-state index contributed by atoms with van der Waals surface area (Å²) in [4.78, 5) is 31.9. The Bertz CT molecular complexity index is 2690. The predicted molar refractivity (Wildman–Crippen MR) is 240 cm³/mol. The van der Waals surface area contributed by atoms with E-state index in [0.717, 1.165) is 57.9 Å². The summed E-state index contributed by atoms with van der Waals surface area (Å²) in [5.74, 6) is -0.108. The van der Waals surface area contributed by atoms with Gasteiger partial charge < -0.3 is 14.0 Å². The van der Waals surface area contributed by atoms with Crippen LogP contribution in [0.3, 0.4) is 0 Å². The van der Waals surface area contributed by atoms with Crippen LogP contribution in [0.25, 0.3) is 11.4 Å². The number of carbonyl (C=O) groups is 2. The molecule has 10 nitrogen and oxygen atoms in total. The lowest BCUT2D eigenvalue weighted by Crippen LogP contribution is -2.29. The fourth-order valence-electron chi connectivity index (χ4n) is 8.39. The van der Waals surface area contributed by atoms with Crippen LogP contribution in [0.5, 0.6) is 0 Å². The predicted octanol–water partition coefficient (Wildman–Crippen LogP) is 12.7. The largest absolute Gasteiger partial charge is 0.434 e. The summed E-state index contributed by atoms with van der Waals surface area (Å²) in [6.07, 6.45) is -2.08. The van der Waals surface area contributed by atoms with E-state index in [9.17, 15) is 35.9 Å². The molecule has 6 aromatic rings. The highest BCUT2D eigenvalue weighted by molar-refractivity contribution is 6.31. The van der Waals surface area contributed by atoms with Gasteiger partial charge in [0.05, 0.1) is 52.4 Å². The molecular weight excluding hydrogens is 893 g/mol. The van der Waals surface area contributed by atoms with Crippen molar-refractivity contribution in [2.45, 2.75) is 124 Å². The Kier molecular flexibility index (Phi) is 14.5. The van der Waals surface area contributed by atoms with Crippen molar-refractivity contribution in [1.29, 1.82) is 0 Å². The van der Waals surface area contributed by atoms with Crippen LogP contribution in [-0.2, 0) is 28.4 Å². The highest BCUT2D eigenvalue weighted by Crippen LogP contribution is 2.38. The third-order valence-corrected chi connectivity index (χ3v) is 12.4. The first-order valence-electron chi connectivity index (χ1n) is 21.3. The normalized spacial score (nSPS) is 15.0. The number of aryl methyl sites for hydroxylation is 4. The molecule has 0 bridgehead atoms. The monoisotopic (exact) mass is 944 g/mol. The van der Waals surface area contributed by atoms with Crippen LogP contribution in [0, 0.1) is 27.7 Å². The highest BCUT2D eigenvalue weighted by atomic mass is 35.5. The molecule has 2 aromatic carbocycles. The van der Waals surface area contributed by atoms with Crippen LogP contribution in [0.15, 0.2) is 67.3 Å². The molecule has 0 aliphatic carbocycles. The second-order valence-electron chi connectivity index (χ2n) is 17.1. The summed E-state index contributed by atoms with van der Waals surface area (Å²) in [5, 5.41) is 10.4. The number of ketones is 1. The molecule has 65 heavy (non-hydrogen) atoms. The zero-order valence-electron chi connectivity index (χ0n) is 37.6. The van der Waals surface area contributed by atoms with Crippen molar-refractivity contribution in [2.24, 2.45) is 0 Å². The van der Waals surface area contributed by atoms with E-state index in [-0.39, 0.29) is 35.8 Å². The minimum Gasteiger partial charge on any atom is -0.341 e. The molecule has 2 atom stereocenters. The van der Waals surface area contributed by atoms with E-state index in [0.29, 0.717) is 47.2 Å². The van der Waals surface area contributed by atoms with Crippen LogP contribution in [-0.4, -0.2) is 51.9 Å². The van der Waals surface area contributed by atoms with Crippen LogP contribution in [0.4, 0.5) is 32.0 Å². The van der Waals surface area contributed by atoms with Gasteiger partial charge in [-0.15, -0.1) is 0 Å². The molecule has 348 valence electrons. The number of rotatable bonds is 12. The van der Waals surface area contributed by atoms with Crippen LogP contribution in [0.2, 0.25) is 10.0 Å². The molecule has 18 heteroatoms. The summed E-state index contributed by atoms with van der Waals surface area (Å²) < 4.78 is 85.3. The quantitative estimate of drug-likeness (QED) is 0.114. The molecule has 4 aromatic heterocycles. The number of halogens is 8. The van der Waals surface area contributed by atoms with Crippen molar-refractivity contribution in [3.8, 4) is 11.4 Å². The smallest absolute Gasteiger partial charge is 0.341 e. The van der Waals surface area contributed by atoms with Crippen molar-refractivity contribution in [2.75, 3.05) is 11.4 Å². The summed E-state index contributed by atoms with van der Waals surface area (Å²) in [6.45, 7) is 17.3. The minimum atomic E-state index is -4.56. The number of nitrogens with zero attached hydrogens (tertiary/aromatic N) is 8. The third kappa shape index (κ3) is 10.4. The fourth-order valence-corrected chi connectivity index (χ4v) is 8.62. The van der Waals surface area contributed by atoms with Crippen molar-refractivity contribution in [3.05, 3.63) is 128 Å². The molecule has 0 unspecified atom stereocenters. The summed E-state index contributed by atoms with van der Waals surface area (Å²) in [7, 11) is 0. The number of amides is 1. The molecule has 5 heterocycles. The topological polar surface area (TPSA) is 95.8 Å². The maximum Gasteiger partial charge on any atom is 0.434 e. The zero-order chi connectivity index (χ0) is 47.9. The standard InChI is InChI=1S/C25H29ClF3N3O.C22H23ClF3N5O/c1-6-7-22(31-14-19(11-17(31)5)25(27,28)29)23(33)12-18-13-30-32(24(18)15(2)3)20-8-9-21(26)16(4)10-20;1-12(2)20-18(10-27-31(20)15-5-6-16(23)13(3)9-15)29-8-7-17(21(29)32)30-11-19(22(24,25)26)28-14(30)4/h8-11,13-15,22H,6-7,12H2,1-5H3;5-6,9-12,17H,7-8H2,1-4H3/t22-;17-/m00/s1.